The Kier molecular flexibility index (Phi) is 3.58. The van der Waals surface area contributed by atoms with E-state index in [-0.39, 0.29) is 0 Å². The Hall–Kier alpha value is -1.94. The molecule has 0 spiro atoms. The number of nitrogens with two attached hydrogens (primary N) is 1. The highest BCUT2D eigenvalue weighted by atomic mass is 15.3. The predicted molar refractivity (Wildman–Crippen MR) is 74.1 cm³/mol. The van der Waals surface area contributed by atoms with Gasteiger partial charge in [0.05, 0.1) is 5.69 Å². The molecule has 0 unspecified atom stereocenters. The van der Waals surface area contributed by atoms with Crippen LogP contribution in [0.15, 0.2) is 30.3 Å². The van der Waals surface area contributed by atoms with E-state index < -0.39 is 0 Å². The summed E-state index contributed by atoms with van der Waals surface area (Å²) in [5.74, 6) is 6.33. The summed E-state index contributed by atoms with van der Waals surface area (Å²) in [5.41, 5.74) is 6.65. The Morgan fingerprint density at radius 3 is 2.33 bits per heavy atom. The van der Waals surface area contributed by atoms with Gasteiger partial charge in [-0.1, -0.05) is 38.1 Å². The van der Waals surface area contributed by atoms with Crippen LogP contribution in [0.1, 0.15) is 31.0 Å². The van der Waals surface area contributed by atoms with E-state index in [4.69, 9.17) is 5.84 Å². The maximum absolute atomic E-state index is 5.35. The van der Waals surface area contributed by atoms with E-state index in [2.05, 4.69) is 53.5 Å². The second-order valence-corrected chi connectivity index (χ2v) is 4.64. The molecule has 0 aliphatic rings. The van der Waals surface area contributed by atoms with Crippen molar-refractivity contribution in [2.24, 2.45) is 5.84 Å². The van der Waals surface area contributed by atoms with Gasteiger partial charge >= 0.3 is 0 Å². The largest absolute Gasteiger partial charge is 0.292 e. The standard InChI is InChI=1S/C14H18N4/c1-9(2)11-4-6-12(7-5-11)13-8-10(3)16-14(17-13)18-15/h4-9H,15H2,1-3H3,(H,16,17,18). The zero-order valence-electron chi connectivity index (χ0n) is 10.9. The second-order valence-electron chi connectivity index (χ2n) is 4.64. The van der Waals surface area contributed by atoms with E-state index in [0.29, 0.717) is 11.9 Å². The third-order valence-corrected chi connectivity index (χ3v) is 2.86. The topological polar surface area (TPSA) is 63.8 Å². The number of hydrogen-bond donors (Lipinski definition) is 2. The van der Waals surface area contributed by atoms with Gasteiger partial charge in [0.25, 0.3) is 0 Å². The summed E-state index contributed by atoms with van der Waals surface area (Å²) in [6.07, 6.45) is 0. The van der Waals surface area contributed by atoms with Gasteiger partial charge in [0.15, 0.2) is 0 Å². The lowest BCUT2D eigenvalue weighted by Gasteiger charge is -2.08. The molecular weight excluding hydrogens is 224 g/mol. The van der Waals surface area contributed by atoms with Crippen molar-refractivity contribution in [3.63, 3.8) is 0 Å². The lowest BCUT2D eigenvalue weighted by atomic mass is 10.0. The predicted octanol–water partition coefficient (Wildman–Crippen LogP) is 2.86. The molecule has 0 amide bonds. The van der Waals surface area contributed by atoms with Crippen LogP contribution < -0.4 is 11.3 Å². The fourth-order valence-corrected chi connectivity index (χ4v) is 1.82. The molecule has 1 aromatic carbocycles. The molecule has 18 heavy (non-hydrogen) atoms. The zero-order valence-corrected chi connectivity index (χ0v) is 10.9. The first-order valence-corrected chi connectivity index (χ1v) is 6.03. The first kappa shape index (κ1) is 12.5. The number of nitrogens with zero attached hydrogens (tertiary/aromatic N) is 2. The molecule has 0 saturated heterocycles. The molecule has 1 heterocycles. The van der Waals surface area contributed by atoms with Crippen molar-refractivity contribution in [3.8, 4) is 11.3 Å². The third kappa shape index (κ3) is 2.65. The van der Waals surface area contributed by atoms with Crippen LogP contribution in [0.3, 0.4) is 0 Å². The van der Waals surface area contributed by atoms with Gasteiger partial charge in [0.2, 0.25) is 5.95 Å². The van der Waals surface area contributed by atoms with Gasteiger partial charge in [-0.3, -0.25) is 5.43 Å². The SMILES string of the molecule is Cc1cc(-c2ccc(C(C)C)cc2)nc(NN)n1. The minimum Gasteiger partial charge on any atom is -0.292 e. The van der Waals surface area contributed by atoms with E-state index >= 15 is 0 Å². The minimum absolute atomic E-state index is 0.443. The van der Waals surface area contributed by atoms with E-state index in [1.807, 2.05) is 13.0 Å². The Labute approximate surface area is 107 Å². The van der Waals surface area contributed by atoms with Crippen LogP contribution in [0, 0.1) is 6.92 Å². The number of anilines is 1. The zero-order chi connectivity index (χ0) is 13.1. The summed E-state index contributed by atoms with van der Waals surface area (Å²) in [6.45, 7) is 6.29. The highest BCUT2D eigenvalue weighted by Gasteiger charge is 2.05. The number of hydrogen-bond acceptors (Lipinski definition) is 4. The molecule has 0 aliphatic carbocycles. The van der Waals surface area contributed by atoms with Crippen LogP contribution in [-0.4, -0.2) is 9.97 Å². The maximum Gasteiger partial charge on any atom is 0.237 e. The summed E-state index contributed by atoms with van der Waals surface area (Å²) >= 11 is 0. The van der Waals surface area contributed by atoms with E-state index in [1.165, 1.54) is 5.56 Å². The molecule has 2 aromatic rings. The fourth-order valence-electron chi connectivity index (χ4n) is 1.82. The quantitative estimate of drug-likeness (QED) is 0.641. The van der Waals surface area contributed by atoms with Crippen molar-refractivity contribution in [1.82, 2.24) is 9.97 Å². The molecule has 0 saturated carbocycles. The third-order valence-electron chi connectivity index (χ3n) is 2.86. The minimum atomic E-state index is 0.443. The Balaban J connectivity index is 2.39. The van der Waals surface area contributed by atoms with Crippen LogP contribution in [0.5, 0.6) is 0 Å². The number of hydrazine groups is 1. The molecule has 2 rings (SSSR count). The average molecular weight is 242 g/mol. The Morgan fingerprint density at radius 1 is 1.11 bits per heavy atom. The molecular formula is C14H18N4. The summed E-state index contributed by atoms with van der Waals surface area (Å²) in [5, 5.41) is 0. The van der Waals surface area contributed by atoms with Crippen LogP contribution in [-0.2, 0) is 0 Å². The lowest BCUT2D eigenvalue weighted by molar-refractivity contribution is 0.867. The first-order chi connectivity index (χ1) is 8.60. The van der Waals surface area contributed by atoms with Crippen molar-refractivity contribution >= 4 is 5.95 Å². The summed E-state index contributed by atoms with van der Waals surface area (Å²) < 4.78 is 0. The summed E-state index contributed by atoms with van der Waals surface area (Å²) in [6, 6.07) is 10.4. The number of rotatable bonds is 3. The molecule has 3 N–H and O–H groups in total. The molecule has 0 aliphatic heterocycles. The van der Waals surface area contributed by atoms with Crippen LogP contribution in [0.25, 0.3) is 11.3 Å². The molecule has 94 valence electrons. The number of nitrogens with one attached hydrogen (secondary N) is 1. The summed E-state index contributed by atoms with van der Waals surface area (Å²) in [7, 11) is 0. The van der Waals surface area contributed by atoms with Crippen LogP contribution >= 0.6 is 0 Å². The monoisotopic (exact) mass is 242 g/mol. The van der Waals surface area contributed by atoms with Gasteiger partial charge in [0.1, 0.15) is 0 Å². The normalized spacial score (nSPS) is 10.7. The number of aromatic nitrogens is 2. The van der Waals surface area contributed by atoms with Crippen molar-refractivity contribution in [3.05, 3.63) is 41.6 Å². The molecule has 4 nitrogen and oxygen atoms in total. The first-order valence-electron chi connectivity index (χ1n) is 6.03. The maximum atomic E-state index is 5.35. The molecule has 0 fully saturated rings. The van der Waals surface area contributed by atoms with E-state index in [0.717, 1.165) is 17.0 Å². The van der Waals surface area contributed by atoms with Gasteiger partial charge in [0, 0.05) is 11.3 Å². The second kappa shape index (κ2) is 5.14. The Morgan fingerprint density at radius 2 is 1.78 bits per heavy atom. The van der Waals surface area contributed by atoms with Crippen molar-refractivity contribution in [2.45, 2.75) is 26.7 Å². The van der Waals surface area contributed by atoms with Gasteiger partial charge in [-0.05, 0) is 24.5 Å². The lowest BCUT2D eigenvalue weighted by Crippen LogP contribution is -2.11. The van der Waals surface area contributed by atoms with Crippen LogP contribution in [0.2, 0.25) is 0 Å². The van der Waals surface area contributed by atoms with Crippen LogP contribution in [0.4, 0.5) is 5.95 Å². The van der Waals surface area contributed by atoms with E-state index in [9.17, 15) is 0 Å². The highest BCUT2D eigenvalue weighted by molar-refractivity contribution is 5.61. The molecule has 1 aromatic heterocycles. The van der Waals surface area contributed by atoms with Crippen molar-refractivity contribution in [1.29, 1.82) is 0 Å². The van der Waals surface area contributed by atoms with Crippen molar-refractivity contribution < 1.29 is 0 Å². The fraction of sp³-hybridized carbons (Fsp3) is 0.286. The number of aryl methyl sites for hydroxylation is 1. The number of nitrogen functional groups attached to an aromatic ring is 1. The summed E-state index contributed by atoms with van der Waals surface area (Å²) in [4.78, 5) is 8.53. The van der Waals surface area contributed by atoms with Gasteiger partial charge < -0.3 is 0 Å². The number of benzene rings is 1. The van der Waals surface area contributed by atoms with Crippen molar-refractivity contribution in [2.75, 3.05) is 5.43 Å². The smallest absolute Gasteiger partial charge is 0.237 e. The molecule has 0 atom stereocenters. The highest BCUT2D eigenvalue weighted by Crippen LogP contribution is 2.22. The van der Waals surface area contributed by atoms with E-state index in [1.54, 1.807) is 0 Å². The molecule has 4 heteroatoms. The molecule has 0 bridgehead atoms. The van der Waals surface area contributed by atoms with Gasteiger partial charge in [-0.15, -0.1) is 0 Å². The van der Waals surface area contributed by atoms with Gasteiger partial charge in [-0.25, -0.2) is 15.8 Å². The Bertz CT molecular complexity index is 532. The molecule has 0 radical (unpaired) electrons. The average Bonchev–Trinajstić information content (AvgIpc) is 2.38. The van der Waals surface area contributed by atoms with Gasteiger partial charge in [-0.2, -0.15) is 0 Å².